The second-order valence-corrected chi connectivity index (χ2v) is 11.1. The van der Waals surface area contributed by atoms with Crippen LogP contribution in [0.15, 0.2) is 29.4 Å². The monoisotopic (exact) mass is 475 g/mol. The van der Waals surface area contributed by atoms with Crippen LogP contribution in [0.4, 0.5) is 11.5 Å². The number of fused-ring (bicyclic) bond motifs is 1. The third-order valence-corrected chi connectivity index (χ3v) is 8.61. The third kappa shape index (κ3) is 4.42. The number of anilines is 2. The van der Waals surface area contributed by atoms with Gasteiger partial charge in [0.25, 0.3) is 0 Å². The molecule has 2 N–H and O–H groups in total. The molecule has 0 radical (unpaired) electrons. The molecule has 0 aliphatic heterocycles. The lowest BCUT2D eigenvalue weighted by Gasteiger charge is -2.21. The summed E-state index contributed by atoms with van der Waals surface area (Å²) in [5.74, 6) is -0.147. The number of ether oxygens (including phenoxy) is 1. The van der Waals surface area contributed by atoms with E-state index in [1.54, 1.807) is 6.92 Å². The van der Waals surface area contributed by atoms with Gasteiger partial charge in [0.05, 0.1) is 21.7 Å². The van der Waals surface area contributed by atoms with Crippen molar-refractivity contribution in [3.05, 3.63) is 35.0 Å². The molecule has 1 fully saturated rings. The highest BCUT2D eigenvalue weighted by Gasteiger charge is 2.24. The number of nitrogens with one attached hydrogen (secondary N) is 1. The Labute approximate surface area is 190 Å². The molecule has 170 valence electrons. The summed E-state index contributed by atoms with van der Waals surface area (Å²) in [5.41, 5.74) is 0.891. The molecule has 0 unspecified atom stereocenters. The molecule has 0 saturated heterocycles. The number of thiophene rings is 1. The number of phenolic OH excluding ortho intramolecular Hbond substituents is 1. The number of carbonyl (C=O) groups excluding carboxylic acids is 1. The number of sulfone groups is 1. The molecule has 0 atom stereocenters. The molecular formula is C22H25N3O5S2. The van der Waals surface area contributed by atoms with Gasteiger partial charge in [-0.25, -0.2) is 23.2 Å². The molecule has 32 heavy (non-hydrogen) atoms. The van der Waals surface area contributed by atoms with Crippen LogP contribution >= 0.6 is 11.3 Å². The predicted octanol–water partition coefficient (Wildman–Crippen LogP) is 4.73. The molecule has 3 aromatic rings. The summed E-state index contributed by atoms with van der Waals surface area (Å²) in [6, 6.07) is 4.07. The Balaban J connectivity index is 1.68. The Morgan fingerprint density at radius 3 is 2.72 bits per heavy atom. The molecule has 4 rings (SSSR count). The van der Waals surface area contributed by atoms with Crippen molar-refractivity contribution in [2.24, 2.45) is 0 Å². The van der Waals surface area contributed by atoms with Crippen molar-refractivity contribution in [2.75, 3.05) is 11.1 Å². The molecule has 1 aromatic carbocycles. The maximum absolute atomic E-state index is 12.8. The SMILES string of the molecule is CCS(=O)(=O)c1ccc(O)c(Nc2ncnc3sc(C(=O)OC4CCCCC4)c(C)c23)c1. The fourth-order valence-electron chi connectivity index (χ4n) is 3.85. The summed E-state index contributed by atoms with van der Waals surface area (Å²) in [4.78, 5) is 22.6. The second-order valence-electron chi connectivity index (χ2n) is 7.83. The van der Waals surface area contributed by atoms with Crippen molar-refractivity contribution in [2.45, 2.75) is 57.0 Å². The van der Waals surface area contributed by atoms with Gasteiger partial charge in [0.15, 0.2) is 9.84 Å². The second kappa shape index (κ2) is 9.03. The minimum absolute atomic E-state index is 0.0505. The largest absolute Gasteiger partial charge is 0.506 e. The molecule has 2 aromatic heterocycles. The third-order valence-electron chi connectivity index (χ3n) is 5.70. The number of nitrogens with zero attached hydrogens (tertiary/aromatic N) is 2. The van der Waals surface area contributed by atoms with E-state index >= 15 is 0 Å². The first-order valence-corrected chi connectivity index (χ1v) is 13.0. The van der Waals surface area contributed by atoms with Gasteiger partial charge in [-0.05, 0) is 56.4 Å². The van der Waals surface area contributed by atoms with Crippen molar-refractivity contribution in [1.82, 2.24) is 9.97 Å². The van der Waals surface area contributed by atoms with E-state index in [0.29, 0.717) is 26.5 Å². The first kappa shape index (κ1) is 22.5. The standard InChI is InChI=1S/C22H25N3O5S2/c1-3-32(28,29)15-9-10-17(26)16(11-15)25-20-18-13(2)19(31-21(18)24-12-23-20)22(27)30-14-7-5-4-6-8-14/h9-12,14,26H,3-8H2,1-2H3,(H,23,24,25). The first-order valence-electron chi connectivity index (χ1n) is 10.6. The molecule has 0 spiro atoms. The Hall–Kier alpha value is -2.72. The zero-order valence-corrected chi connectivity index (χ0v) is 19.6. The van der Waals surface area contributed by atoms with E-state index in [9.17, 15) is 18.3 Å². The molecule has 1 aliphatic carbocycles. The maximum Gasteiger partial charge on any atom is 0.348 e. The van der Waals surface area contributed by atoms with Crippen molar-refractivity contribution in [1.29, 1.82) is 0 Å². The number of phenols is 1. The number of aryl methyl sites for hydroxylation is 1. The fourth-order valence-corrected chi connectivity index (χ4v) is 5.79. The Bertz CT molecular complexity index is 1260. The molecule has 0 amide bonds. The Morgan fingerprint density at radius 2 is 2.00 bits per heavy atom. The van der Waals surface area contributed by atoms with Gasteiger partial charge in [0.1, 0.15) is 33.7 Å². The number of aromatic nitrogens is 2. The van der Waals surface area contributed by atoms with Crippen LogP contribution < -0.4 is 5.32 Å². The smallest absolute Gasteiger partial charge is 0.348 e. The number of aromatic hydroxyl groups is 1. The molecular weight excluding hydrogens is 450 g/mol. The van der Waals surface area contributed by atoms with Crippen LogP contribution in [0.2, 0.25) is 0 Å². The van der Waals surface area contributed by atoms with E-state index in [1.807, 2.05) is 6.92 Å². The summed E-state index contributed by atoms with van der Waals surface area (Å²) in [5, 5.41) is 13.9. The highest BCUT2D eigenvalue weighted by atomic mass is 32.2. The van der Waals surface area contributed by atoms with Crippen LogP contribution in [-0.4, -0.2) is 41.3 Å². The fraction of sp³-hybridized carbons (Fsp3) is 0.409. The molecule has 8 nitrogen and oxygen atoms in total. The van der Waals surface area contributed by atoms with Gasteiger partial charge in [-0.3, -0.25) is 0 Å². The molecule has 1 saturated carbocycles. The number of hydrogen-bond donors (Lipinski definition) is 2. The van der Waals surface area contributed by atoms with Crippen LogP contribution in [0.5, 0.6) is 5.75 Å². The maximum atomic E-state index is 12.8. The van der Waals surface area contributed by atoms with Crippen molar-refractivity contribution in [3.8, 4) is 5.75 Å². The van der Waals surface area contributed by atoms with Gasteiger partial charge in [-0.15, -0.1) is 11.3 Å². The van der Waals surface area contributed by atoms with E-state index < -0.39 is 9.84 Å². The van der Waals surface area contributed by atoms with Gasteiger partial charge in [0.2, 0.25) is 0 Å². The van der Waals surface area contributed by atoms with E-state index in [0.717, 1.165) is 25.7 Å². The Morgan fingerprint density at radius 1 is 1.25 bits per heavy atom. The van der Waals surface area contributed by atoms with E-state index in [1.165, 1.54) is 42.3 Å². The van der Waals surface area contributed by atoms with Gasteiger partial charge in [0, 0.05) is 0 Å². The van der Waals surface area contributed by atoms with Gasteiger partial charge >= 0.3 is 5.97 Å². The summed E-state index contributed by atoms with van der Waals surface area (Å²) >= 11 is 1.24. The molecule has 10 heteroatoms. The van der Waals surface area contributed by atoms with Crippen molar-refractivity contribution < 1.29 is 23.1 Å². The number of rotatable bonds is 6. The van der Waals surface area contributed by atoms with Crippen molar-refractivity contribution >= 4 is 48.9 Å². The van der Waals surface area contributed by atoms with Crippen LogP contribution in [0, 0.1) is 6.92 Å². The average molecular weight is 476 g/mol. The topological polar surface area (TPSA) is 118 Å². The van der Waals surface area contributed by atoms with E-state index in [2.05, 4.69) is 15.3 Å². The van der Waals surface area contributed by atoms with Crippen LogP contribution in [0.1, 0.15) is 54.3 Å². The summed E-state index contributed by atoms with van der Waals surface area (Å²) in [7, 11) is -3.44. The lowest BCUT2D eigenvalue weighted by Crippen LogP contribution is -2.20. The minimum Gasteiger partial charge on any atom is -0.506 e. The van der Waals surface area contributed by atoms with Crippen LogP contribution in [0.25, 0.3) is 10.2 Å². The zero-order valence-electron chi connectivity index (χ0n) is 17.9. The molecule has 0 bridgehead atoms. The quantitative estimate of drug-likeness (QED) is 0.388. The first-order chi connectivity index (χ1) is 15.3. The lowest BCUT2D eigenvalue weighted by atomic mass is 9.98. The highest BCUT2D eigenvalue weighted by Crippen LogP contribution is 2.37. The zero-order chi connectivity index (χ0) is 22.9. The molecule has 1 aliphatic rings. The molecule has 2 heterocycles. The summed E-state index contributed by atoms with van der Waals surface area (Å²) < 4.78 is 30.2. The van der Waals surface area contributed by atoms with Gasteiger partial charge in [-0.2, -0.15) is 0 Å². The minimum atomic E-state index is -3.44. The lowest BCUT2D eigenvalue weighted by molar-refractivity contribution is 0.0216. The van der Waals surface area contributed by atoms with Gasteiger partial charge < -0.3 is 15.2 Å². The number of carbonyl (C=O) groups is 1. The highest BCUT2D eigenvalue weighted by molar-refractivity contribution is 7.91. The Kier molecular flexibility index (Phi) is 6.34. The number of hydrogen-bond acceptors (Lipinski definition) is 9. The average Bonchev–Trinajstić information content (AvgIpc) is 3.13. The summed E-state index contributed by atoms with van der Waals surface area (Å²) in [6.45, 7) is 3.37. The van der Waals surface area contributed by atoms with E-state index in [-0.39, 0.29) is 34.2 Å². The predicted molar refractivity (Wildman–Crippen MR) is 124 cm³/mol. The van der Waals surface area contributed by atoms with E-state index in [4.69, 9.17) is 4.74 Å². The summed E-state index contributed by atoms with van der Waals surface area (Å²) in [6.07, 6.45) is 6.40. The van der Waals surface area contributed by atoms with Crippen LogP contribution in [0.3, 0.4) is 0 Å². The number of esters is 1. The normalized spacial score (nSPS) is 15.1. The van der Waals surface area contributed by atoms with Crippen LogP contribution in [-0.2, 0) is 14.6 Å². The number of benzene rings is 1. The van der Waals surface area contributed by atoms with Crippen molar-refractivity contribution in [3.63, 3.8) is 0 Å². The van der Waals surface area contributed by atoms with Gasteiger partial charge in [-0.1, -0.05) is 13.3 Å².